The number of aromatic nitrogens is 1. The Morgan fingerprint density at radius 3 is 2.78 bits per heavy atom. The number of Topliss-reactive ketones (excluding diaryl/α,β-unsaturated/α-hetero) is 1. The first-order chi connectivity index (χ1) is 13.1. The van der Waals surface area contributed by atoms with Crippen LogP contribution in [-0.2, 0) is 22.6 Å². The number of ether oxygens (including phenoxy) is 1. The molecule has 2 aromatic rings. The lowest BCUT2D eigenvalue weighted by Crippen LogP contribution is -2.35. The van der Waals surface area contributed by atoms with Gasteiger partial charge >= 0.3 is 0 Å². The third-order valence-electron chi connectivity index (χ3n) is 4.28. The average Bonchev–Trinajstić information content (AvgIpc) is 3.13. The molecule has 6 nitrogen and oxygen atoms in total. The highest BCUT2D eigenvalue weighted by Crippen LogP contribution is 2.13. The van der Waals surface area contributed by atoms with Crippen molar-refractivity contribution in [3.8, 4) is 0 Å². The van der Waals surface area contributed by atoms with Crippen LogP contribution in [0, 0.1) is 5.82 Å². The first-order valence-electron chi connectivity index (χ1n) is 8.89. The van der Waals surface area contributed by atoms with Crippen molar-refractivity contribution in [1.82, 2.24) is 15.2 Å². The van der Waals surface area contributed by atoms with Crippen LogP contribution in [0.25, 0.3) is 0 Å². The molecule has 1 amide bonds. The molecular weight excluding hydrogens is 369 g/mol. The number of benzene rings is 1. The summed E-state index contributed by atoms with van der Waals surface area (Å²) in [5.74, 6) is -1.17. The molecular formula is C19H22FN3O3S. The van der Waals surface area contributed by atoms with Crippen LogP contribution in [0.3, 0.4) is 0 Å². The zero-order chi connectivity index (χ0) is 19.1. The van der Waals surface area contributed by atoms with Crippen LogP contribution in [0.15, 0.2) is 29.6 Å². The fourth-order valence-electron chi connectivity index (χ4n) is 2.80. The number of nitrogens with zero attached hydrogens (tertiary/aromatic N) is 2. The number of ketones is 1. The highest BCUT2D eigenvalue weighted by molar-refractivity contribution is 7.09. The number of rotatable bonds is 8. The van der Waals surface area contributed by atoms with Gasteiger partial charge in [0.05, 0.1) is 31.0 Å². The summed E-state index contributed by atoms with van der Waals surface area (Å²) in [6.45, 7) is 4.42. The molecule has 27 heavy (non-hydrogen) atoms. The molecule has 1 aromatic heterocycles. The van der Waals surface area contributed by atoms with Crippen molar-refractivity contribution in [3.05, 3.63) is 51.7 Å². The van der Waals surface area contributed by atoms with Gasteiger partial charge in [-0.3, -0.25) is 14.5 Å². The van der Waals surface area contributed by atoms with E-state index in [2.05, 4.69) is 15.2 Å². The van der Waals surface area contributed by atoms with E-state index in [1.54, 1.807) is 6.07 Å². The number of amides is 1. The Morgan fingerprint density at radius 1 is 1.22 bits per heavy atom. The summed E-state index contributed by atoms with van der Waals surface area (Å²) in [4.78, 5) is 30.8. The highest BCUT2D eigenvalue weighted by atomic mass is 32.1. The monoisotopic (exact) mass is 391 g/mol. The molecule has 3 rings (SSSR count). The van der Waals surface area contributed by atoms with E-state index in [4.69, 9.17) is 4.74 Å². The molecule has 0 atom stereocenters. The Morgan fingerprint density at radius 2 is 2.00 bits per heavy atom. The van der Waals surface area contributed by atoms with E-state index in [-0.39, 0.29) is 30.1 Å². The first-order valence-corrected chi connectivity index (χ1v) is 9.77. The fourth-order valence-corrected chi connectivity index (χ4v) is 3.53. The highest BCUT2D eigenvalue weighted by Gasteiger charge is 2.14. The lowest BCUT2D eigenvalue weighted by molar-refractivity contribution is -0.121. The maximum Gasteiger partial charge on any atom is 0.220 e. The summed E-state index contributed by atoms with van der Waals surface area (Å²) < 4.78 is 18.9. The third kappa shape index (κ3) is 5.92. The second-order valence-electron chi connectivity index (χ2n) is 6.30. The van der Waals surface area contributed by atoms with E-state index >= 15 is 0 Å². The van der Waals surface area contributed by atoms with Gasteiger partial charge in [-0.2, -0.15) is 0 Å². The molecule has 8 heteroatoms. The van der Waals surface area contributed by atoms with Crippen LogP contribution in [0.5, 0.6) is 0 Å². The number of carbonyl (C=O) groups is 2. The Bertz CT molecular complexity index is 790. The van der Waals surface area contributed by atoms with Crippen LogP contribution < -0.4 is 5.32 Å². The molecule has 1 aliphatic heterocycles. The Hall–Kier alpha value is -2.16. The molecule has 1 aromatic carbocycles. The normalized spacial score (nSPS) is 14.9. The number of hydrogen-bond donors (Lipinski definition) is 1. The van der Waals surface area contributed by atoms with Crippen molar-refractivity contribution in [2.45, 2.75) is 25.9 Å². The van der Waals surface area contributed by atoms with Gasteiger partial charge in [0.2, 0.25) is 5.91 Å². The summed E-state index contributed by atoms with van der Waals surface area (Å²) in [7, 11) is 0. The molecule has 1 fully saturated rings. The van der Waals surface area contributed by atoms with Gasteiger partial charge in [0, 0.05) is 37.9 Å². The maximum absolute atomic E-state index is 13.6. The quantitative estimate of drug-likeness (QED) is 0.700. The molecule has 0 unspecified atom stereocenters. The Labute approximate surface area is 161 Å². The zero-order valence-corrected chi connectivity index (χ0v) is 15.8. The van der Waals surface area contributed by atoms with Crippen LogP contribution in [0.1, 0.15) is 33.9 Å². The Balaban J connectivity index is 1.40. The molecule has 1 aliphatic rings. The van der Waals surface area contributed by atoms with E-state index < -0.39 is 5.82 Å². The van der Waals surface area contributed by atoms with Gasteiger partial charge in [-0.15, -0.1) is 11.3 Å². The largest absolute Gasteiger partial charge is 0.379 e. The number of morpholine rings is 1. The summed E-state index contributed by atoms with van der Waals surface area (Å²) in [6, 6.07) is 5.80. The van der Waals surface area contributed by atoms with Crippen molar-refractivity contribution >= 4 is 23.0 Å². The molecule has 2 heterocycles. The van der Waals surface area contributed by atoms with Gasteiger partial charge in [-0.1, -0.05) is 12.1 Å². The van der Waals surface area contributed by atoms with E-state index in [1.807, 2.05) is 5.38 Å². The summed E-state index contributed by atoms with van der Waals surface area (Å²) in [5.41, 5.74) is 1.01. The second-order valence-corrected chi connectivity index (χ2v) is 7.24. The lowest BCUT2D eigenvalue weighted by atomic mass is 10.1. The second kappa shape index (κ2) is 9.68. The first kappa shape index (κ1) is 19.6. The number of halogens is 1. The zero-order valence-electron chi connectivity index (χ0n) is 14.9. The van der Waals surface area contributed by atoms with Gasteiger partial charge in [0.25, 0.3) is 0 Å². The minimum absolute atomic E-state index is 0.0209. The smallest absolute Gasteiger partial charge is 0.220 e. The molecule has 0 saturated carbocycles. The molecule has 1 N–H and O–H groups in total. The number of carbonyl (C=O) groups excluding carboxylic acids is 2. The average molecular weight is 391 g/mol. The van der Waals surface area contributed by atoms with Gasteiger partial charge in [0.1, 0.15) is 10.8 Å². The summed E-state index contributed by atoms with van der Waals surface area (Å²) in [5, 5.41) is 5.59. The number of hydrogen-bond acceptors (Lipinski definition) is 6. The maximum atomic E-state index is 13.6. The van der Waals surface area contributed by atoms with E-state index in [1.165, 1.54) is 29.5 Å². The molecule has 144 valence electrons. The molecule has 0 radical (unpaired) electrons. The summed E-state index contributed by atoms with van der Waals surface area (Å²) in [6.07, 6.45) is 0.00605. The topological polar surface area (TPSA) is 71.5 Å². The van der Waals surface area contributed by atoms with E-state index in [0.717, 1.165) is 43.5 Å². The fraction of sp³-hybridized carbons (Fsp3) is 0.421. The Kier molecular flexibility index (Phi) is 7.03. The van der Waals surface area contributed by atoms with Crippen molar-refractivity contribution in [1.29, 1.82) is 0 Å². The molecule has 0 bridgehead atoms. The van der Waals surface area contributed by atoms with Crippen molar-refractivity contribution in [2.75, 3.05) is 26.3 Å². The third-order valence-corrected chi connectivity index (χ3v) is 5.18. The van der Waals surface area contributed by atoms with Gasteiger partial charge in [-0.05, 0) is 12.1 Å². The van der Waals surface area contributed by atoms with Crippen LogP contribution in [0.4, 0.5) is 4.39 Å². The van der Waals surface area contributed by atoms with Gasteiger partial charge in [0.15, 0.2) is 5.78 Å². The predicted molar refractivity (Wildman–Crippen MR) is 100 cm³/mol. The van der Waals surface area contributed by atoms with Crippen LogP contribution in [0.2, 0.25) is 0 Å². The predicted octanol–water partition coefficient (Wildman–Crippen LogP) is 2.39. The van der Waals surface area contributed by atoms with Crippen LogP contribution >= 0.6 is 11.3 Å². The van der Waals surface area contributed by atoms with E-state index in [0.29, 0.717) is 6.54 Å². The van der Waals surface area contributed by atoms with Crippen molar-refractivity contribution < 1.29 is 18.7 Å². The molecule has 0 spiro atoms. The van der Waals surface area contributed by atoms with Gasteiger partial charge < -0.3 is 10.1 Å². The lowest BCUT2D eigenvalue weighted by Gasteiger charge is -2.25. The van der Waals surface area contributed by atoms with Crippen LogP contribution in [-0.4, -0.2) is 47.9 Å². The van der Waals surface area contributed by atoms with E-state index in [9.17, 15) is 14.0 Å². The molecule has 1 saturated heterocycles. The number of nitrogens with one attached hydrogen (secondary N) is 1. The number of thiazole rings is 1. The minimum Gasteiger partial charge on any atom is -0.379 e. The summed E-state index contributed by atoms with van der Waals surface area (Å²) >= 11 is 1.50. The van der Waals surface area contributed by atoms with Crippen molar-refractivity contribution in [2.24, 2.45) is 0 Å². The van der Waals surface area contributed by atoms with Gasteiger partial charge in [-0.25, -0.2) is 9.37 Å². The SMILES string of the molecule is O=C(CCC(=O)c1ccccc1F)NCc1nc(CN2CCOCC2)cs1. The minimum atomic E-state index is -0.557. The molecule has 0 aliphatic carbocycles. The van der Waals surface area contributed by atoms with Crippen molar-refractivity contribution in [3.63, 3.8) is 0 Å². The standard InChI is InChI=1S/C19H22FN3O3S/c20-16-4-2-1-3-15(16)17(24)5-6-18(25)21-11-19-22-14(13-27-19)12-23-7-9-26-10-8-23/h1-4,13H,5-12H2,(H,21,25).